The molecule has 1 aromatic heterocycles. The lowest BCUT2D eigenvalue weighted by molar-refractivity contribution is 0.318. The lowest BCUT2D eigenvalue weighted by atomic mass is 9.89. The van der Waals surface area contributed by atoms with Crippen molar-refractivity contribution in [3.63, 3.8) is 0 Å². The standard InChI is InChI=1S/C21H22BrN3.ClH/c22-20-9-8-16(21-18(20)7-4-10-24-21)12-25-13-17(11-23)19(14-25)15-5-2-1-3-6-15;/h1-10,17,19H,11-14,23H2;1H/t17-,19+;/m1./s1. The zero-order chi connectivity index (χ0) is 17.2. The molecule has 3 aromatic rings. The third-order valence-electron chi connectivity index (χ3n) is 5.24. The van der Waals surface area contributed by atoms with Crippen molar-refractivity contribution < 1.29 is 0 Å². The van der Waals surface area contributed by atoms with Crippen molar-refractivity contribution in [1.29, 1.82) is 0 Å². The lowest BCUT2D eigenvalue weighted by Crippen LogP contribution is -2.23. The van der Waals surface area contributed by atoms with E-state index in [1.165, 1.54) is 16.5 Å². The van der Waals surface area contributed by atoms with Crippen molar-refractivity contribution in [2.75, 3.05) is 19.6 Å². The number of halogens is 2. The molecule has 0 spiro atoms. The van der Waals surface area contributed by atoms with Crippen LogP contribution in [-0.4, -0.2) is 29.5 Å². The van der Waals surface area contributed by atoms with Crippen LogP contribution < -0.4 is 5.73 Å². The molecule has 0 amide bonds. The first-order valence-electron chi connectivity index (χ1n) is 8.75. The predicted octanol–water partition coefficient (Wildman–Crippen LogP) is 4.59. The number of hydrogen-bond acceptors (Lipinski definition) is 3. The summed E-state index contributed by atoms with van der Waals surface area (Å²) in [5.41, 5.74) is 9.85. The number of pyridine rings is 1. The van der Waals surface area contributed by atoms with E-state index >= 15 is 0 Å². The number of likely N-dealkylation sites (tertiary alicyclic amines) is 1. The molecule has 0 radical (unpaired) electrons. The summed E-state index contributed by atoms with van der Waals surface area (Å²) < 4.78 is 1.10. The van der Waals surface area contributed by atoms with Gasteiger partial charge in [0.1, 0.15) is 0 Å². The van der Waals surface area contributed by atoms with E-state index in [1.54, 1.807) is 0 Å². The maximum Gasteiger partial charge on any atom is 0.0758 e. The molecule has 1 aliphatic rings. The van der Waals surface area contributed by atoms with Crippen LogP contribution in [0.2, 0.25) is 0 Å². The first-order valence-corrected chi connectivity index (χ1v) is 9.55. The van der Waals surface area contributed by atoms with Crippen molar-refractivity contribution in [1.82, 2.24) is 9.88 Å². The number of nitrogens with zero attached hydrogens (tertiary/aromatic N) is 2. The molecule has 1 aliphatic heterocycles. The van der Waals surface area contributed by atoms with Crippen LogP contribution in [0.25, 0.3) is 10.9 Å². The number of benzene rings is 2. The summed E-state index contributed by atoms with van der Waals surface area (Å²) >= 11 is 3.63. The molecule has 0 aliphatic carbocycles. The average Bonchev–Trinajstić information content (AvgIpc) is 3.08. The summed E-state index contributed by atoms with van der Waals surface area (Å²) in [4.78, 5) is 7.14. The average molecular weight is 433 g/mol. The normalized spacial score (nSPS) is 20.2. The van der Waals surface area contributed by atoms with Crippen molar-refractivity contribution in [3.8, 4) is 0 Å². The van der Waals surface area contributed by atoms with Crippen LogP contribution in [0.5, 0.6) is 0 Å². The van der Waals surface area contributed by atoms with Gasteiger partial charge in [0.2, 0.25) is 0 Å². The molecule has 0 bridgehead atoms. The molecule has 2 atom stereocenters. The van der Waals surface area contributed by atoms with Gasteiger partial charge in [0.25, 0.3) is 0 Å². The Balaban J connectivity index is 0.00000196. The third-order valence-corrected chi connectivity index (χ3v) is 5.93. The maximum absolute atomic E-state index is 6.08. The van der Waals surface area contributed by atoms with Crippen LogP contribution in [0.4, 0.5) is 0 Å². The summed E-state index contributed by atoms with van der Waals surface area (Å²) in [7, 11) is 0. The van der Waals surface area contributed by atoms with Gasteiger partial charge in [-0.05, 0) is 35.7 Å². The van der Waals surface area contributed by atoms with Gasteiger partial charge in [-0.15, -0.1) is 12.4 Å². The van der Waals surface area contributed by atoms with Gasteiger partial charge < -0.3 is 5.73 Å². The molecular weight excluding hydrogens is 410 g/mol. The van der Waals surface area contributed by atoms with Crippen LogP contribution in [0.1, 0.15) is 17.0 Å². The second kappa shape index (κ2) is 8.49. The van der Waals surface area contributed by atoms with Gasteiger partial charge in [-0.2, -0.15) is 0 Å². The smallest absolute Gasteiger partial charge is 0.0758 e. The highest BCUT2D eigenvalue weighted by Crippen LogP contribution is 2.34. The largest absolute Gasteiger partial charge is 0.330 e. The van der Waals surface area contributed by atoms with Crippen LogP contribution in [0, 0.1) is 5.92 Å². The zero-order valence-electron chi connectivity index (χ0n) is 14.5. The second-order valence-electron chi connectivity index (χ2n) is 6.81. The Kier molecular flexibility index (Phi) is 6.30. The minimum atomic E-state index is 0. The number of rotatable bonds is 4. The summed E-state index contributed by atoms with van der Waals surface area (Å²) in [6.07, 6.45) is 1.87. The molecule has 0 unspecified atom stereocenters. The zero-order valence-corrected chi connectivity index (χ0v) is 16.9. The van der Waals surface area contributed by atoms with E-state index in [-0.39, 0.29) is 12.4 Å². The fourth-order valence-corrected chi connectivity index (χ4v) is 4.42. The highest BCUT2D eigenvalue weighted by atomic mass is 79.9. The first-order chi connectivity index (χ1) is 12.3. The van der Waals surface area contributed by atoms with Gasteiger partial charge in [0.05, 0.1) is 5.52 Å². The van der Waals surface area contributed by atoms with E-state index < -0.39 is 0 Å². The number of nitrogens with two attached hydrogens (primary N) is 1. The van der Waals surface area contributed by atoms with E-state index in [4.69, 9.17) is 5.73 Å². The topological polar surface area (TPSA) is 42.1 Å². The predicted molar refractivity (Wildman–Crippen MR) is 114 cm³/mol. The molecule has 3 nitrogen and oxygen atoms in total. The Morgan fingerprint density at radius 3 is 2.62 bits per heavy atom. The Labute approximate surface area is 169 Å². The Bertz CT molecular complexity index is 872. The molecular formula is C21H23BrClN3. The van der Waals surface area contributed by atoms with E-state index in [0.29, 0.717) is 11.8 Å². The van der Waals surface area contributed by atoms with Gasteiger partial charge in [0.15, 0.2) is 0 Å². The summed E-state index contributed by atoms with van der Waals surface area (Å²) in [6, 6.07) is 19.2. The minimum Gasteiger partial charge on any atom is -0.330 e. The highest BCUT2D eigenvalue weighted by molar-refractivity contribution is 9.10. The van der Waals surface area contributed by atoms with E-state index in [0.717, 1.165) is 36.2 Å². The van der Waals surface area contributed by atoms with Crippen molar-refractivity contribution in [2.24, 2.45) is 11.7 Å². The fourth-order valence-electron chi connectivity index (χ4n) is 3.97. The molecule has 4 rings (SSSR count). The molecule has 136 valence electrons. The van der Waals surface area contributed by atoms with Gasteiger partial charge >= 0.3 is 0 Å². The molecule has 0 saturated carbocycles. The molecule has 2 heterocycles. The van der Waals surface area contributed by atoms with Crippen LogP contribution in [0.3, 0.4) is 0 Å². The van der Waals surface area contributed by atoms with Crippen molar-refractivity contribution in [3.05, 3.63) is 76.4 Å². The monoisotopic (exact) mass is 431 g/mol. The van der Waals surface area contributed by atoms with E-state index in [2.05, 4.69) is 74.3 Å². The molecule has 1 fully saturated rings. The molecule has 1 saturated heterocycles. The summed E-state index contributed by atoms with van der Waals surface area (Å²) in [5, 5.41) is 1.18. The van der Waals surface area contributed by atoms with Crippen molar-refractivity contribution >= 4 is 39.2 Å². The minimum absolute atomic E-state index is 0. The Morgan fingerprint density at radius 1 is 1.04 bits per heavy atom. The van der Waals surface area contributed by atoms with Gasteiger partial charge in [-0.1, -0.05) is 58.4 Å². The summed E-state index contributed by atoms with van der Waals surface area (Å²) in [6.45, 7) is 3.74. The van der Waals surface area contributed by atoms with Crippen LogP contribution in [0.15, 0.2) is 65.3 Å². The number of aromatic nitrogens is 1. The quantitative estimate of drug-likeness (QED) is 0.655. The second-order valence-corrected chi connectivity index (χ2v) is 7.67. The molecule has 5 heteroatoms. The fraction of sp³-hybridized carbons (Fsp3) is 0.286. The first kappa shape index (κ1) is 19.3. The third kappa shape index (κ3) is 3.79. The Morgan fingerprint density at radius 2 is 1.85 bits per heavy atom. The van der Waals surface area contributed by atoms with Crippen LogP contribution >= 0.6 is 28.3 Å². The lowest BCUT2D eigenvalue weighted by Gasteiger charge is -2.17. The van der Waals surface area contributed by atoms with Crippen LogP contribution in [-0.2, 0) is 6.54 Å². The van der Waals surface area contributed by atoms with E-state index in [1.807, 2.05) is 12.3 Å². The van der Waals surface area contributed by atoms with E-state index in [9.17, 15) is 0 Å². The van der Waals surface area contributed by atoms with Gasteiger partial charge in [-0.25, -0.2) is 0 Å². The van der Waals surface area contributed by atoms with Gasteiger partial charge in [0, 0.05) is 41.6 Å². The summed E-state index contributed by atoms with van der Waals surface area (Å²) in [5.74, 6) is 1.03. The highest BCUT2D eigenvalue weighted by Gasteiger charge is 2.32. The number of fused-ring (bicyclic) bond motifs is 1. The molecule has 2 aromatic carbocycles. The number of hydrogen-bond donors (Lipinski definition) is 1. The van der Waals surface area contributed by atoms with Gasteiger partial charge in [-0.3, -0.25) is 9.88 Å². The SMILES string of the molecule is Cl.NC[C@@H]1CN(Cc2ccc(Br)c3cccnc23)C[C@H]1c1ccccc1. The Hall–Kier alpha value is -1.46. The maximum atomic E-state index is 6.08. The molecule has 26 heavy (non-hydrogen) atoms. The van der Waals surface area contributed by atoms with Crippen molar-refractivity contribution in [2.45, 2.75) is 12.5 Å². The molecule has 2 N–H and O–H groups in total.